The summed E-state index contributed by atoms with van der Waals surface area (Å²) in [5.41, 5.74) is 2.15. The standard InChI is InChI=1S/C16H22N2O2/c1-9-2-14(17-18(9)8-15(19)20)16-12-4-10-3-11(6-12)7-13(16)5-10/h2,10-13,16H,3-8H2,1H3,(H,19,20). The molecule has 1 aromatic rings. The highest BCUT2D eigenvalue weighted by Crippen LogP contribution is 2.59. The lowest BCUT2D eigenvalue weighted by molar-refractivity contribution is -0.137. The maximum atomic E-state index is 10.9. The highest BCUT2D eigenvalue weighted by Gasteiger charge is 2.49. The largest absolute Gasteiger partial charge is 0.480 e. The molecular weight excluding hydrogens is 252 g/mol. The number of nitrogens with zero attached hydrogens (tertiary/aromatic N) is 2. The van der Waals surface area contributed by atoms with Crippen molar-refractivity contribution >= 4 is 5.97 Å². The first-order chi connectivity index (χ1) is 9.60. The number of hydrogen-bond acceptors (Lipinski definition) is 2. The molecule has 0 radical (unpaired) electrons. The summed E-state index contributed by atoms with van der Waals surface area (Å²) in [7, 11) is 0. The Kier molecular flexibility index (Phi) is 2.69. The Balaban J connectivity index is 1.63. The molecule has 0 spiro atoms. The first-order valence-electron chi connectivity index (χ1n) is 7.86. The molecule has 0 aliphatic heterocycles. The van der Waals surface area contributed by atoms with E-state index >= 15 is 0 Å². The van der Waals surface area contributed by atoms with E-state index < -0.39 is 5.97 Å². The second-order valence-corrected chi connectivity index (χ2v) is 7.22. The topological polar surface area (TPSA) is 55.1 Å². The van der Waals surface area contributed by atoms with E-state index in [1.807, 2.05) is 6.92 Å². The van der Waals surface area contributed by atoms with E-state index in [1.165, 1.54) is 32.1 Å². The van der Waals surface area contributed by atoms with Crippen LogP contribution in [0, 0.1) is 30.6 Å². The van der Waals surface area contributed by atoms with Gasteiger partial charge in [-0.05, 0) is 68.8 Å². The van der Waals surface area contributed by atoms with Crippen LogP contribution >= 0.6 is 0 Å². The Morgan fingerprint density at radius 2 is 1.85 bits per heavy atom. The van der Waals surface area contributed by atoms with Gasteiger partial charge in [0.1, 0.15) is 6.54 Å². The van der Waals surface area contributed by atoms with Crippen molar-refractivity contribution in [1.82, 2.24) is 9.78 Å². The van der Waals surface area contributed by atoms with Crippen LogP contribution < -0.4 is 0 Å². The van der Waals surface area contributed by atoms with Gasteiger partial charge in [-0.15, -0.1) is 0 Å². The minimum atomic E-state index is -0.812. The zero-order chi connectivity index (χ0) is 13.9. The molecule has 1 heterocycles. The second kappa shape index (κ2) is 4.34. The fraction of sp³-hybridized carbons (Fsp3) is 0.750. The SMILES string of the molecule is Cc1cc(C2C3CC4CC(C3)CC2C4)nn1CC(=O)O. The van der Waals surface area contributed by atoms with Gasteiger partial charge in [0.05, 0.1) is 5.69 Å². The first kappa shape index (κ1) is 12.4. The number of rotatable bonds is 3. The van der Waals surface area contributed by atoms with Crippen molar-refractivity contribution in [3.8, 4) is 0 Å². The van der Waals surface area contributed by atoms with Crippen molar-refractivity contribution in [3.05, 3.63) is 17.5 Å². The first-order valence-corrected chi connectivity index (χ1v) is 7.86. The highest BCUT2D eigenvalue weighted by atomic mass is 16.4. The van der Waals surface area contributed by atoms with Gasteiger partial charge in [-0.1, -0.05) is 0 Å². The molecule has 4 fully saturated rings. The Hall–Kier alpha value is -1.32. The van der Waals surface area contributed by atoms with E-state index in [0.29, 0.717) is 5.92 Å². The molecular formula is C16H22N2O2. The van der Waals surface area contributed by atoms with Gasteiger partial charge in [0.15, 0.2) is 0 Å². The van der Waals surface area contributed by atoms with Crippen molar-refractivity contribution < 1.29 is 9.90 Å². The molecule has 4 aliphatic carbocycles. The summed E-state index contributed by atoms with van der Waals surface area (Å²) >= 11 is 0. The molecule has 4 aliphatic rings. The van der Waals surface area contributed by atoms with Crippen molar-refractivity contribution in [2.24, 2.45) is 23.7 Å². The zero-order valence-electron chi connectivity index (χ0n) is 12.0. The van der Waals surface area contributed by atoms with E-state index in [1.54, 1.807) is 4.68 Å². The fourth-order valence-electron chi connectivity index (χ4n) is 5.39. The minimum absolute atomic E-state index is 0.0147. The molecule has 4 heteroatoms. The maximum Gasteiger partial charge on any atom is 0.325 e. The number of carboxylic acids is 1. The van der Waals surface area contributed by atoms with Gasteiger partial charge < -0.3 is 5.11 Å². The minimum Gasteiger partial charge on any atom is -0.480 e. The molecule has 0 atom stereocenters. The molecule has 20 heavy (non-hydrogen) atoms. The van der Waals surface area contributed by atoms with Gasteiger partial charge in [-0.2, -0.15) is 5.10 Å². The Labute approximate surface area is 119 Å². The Morgan fingerprint density at radius 1 is 1.25 bits per heavy atom. The molecule has 4 saturated carbocycles. The van der Waals surface area contributed by atoms with E-state index in [0.717, 1.165) is 35.1 Å². The molecule has 0 unspecified atom stereocenters. The van der Waals surface area contributed by atoms with Crippen molar-refractivity contribution in [1.29, 1.82) is 0 Å². The van der Waals surface area contributed by atoms with Gasteiger partial charge in [-0.25, -0.2) is 0 Å². The second-order valence-electron chi connectivity index (χ2n) is 7.22. The van der Waals surface area contributed by atoms with Crippen molar-refractivity contribution in [2.45, 2.75) is 51.5 Å². The van der Waals surface area contributed by atoms with Crippen LogP contribution in [-0.2, 0) is 11.3 Å². The number of hydrogen-bond donors (Lipinski definition) is 1. The van der Waals surface area contributed by atoms with Gasteiger partial charge in [0.2, 0.25) is 0 Å². The molecule has 0 amide bonds. The molecule has 1 N–H and O–H groups in total. The summed E-state index contributed by atoms with van der Waals surface area (Å²) in [5, 5.41) is 13.6. The van der Waals surface area contributed by atoms with Crippen molar-refractivity contribution in [3.63, 3.8) is 0 Å². The van der Waals surface area contributed by atoms with Crippen LogP contribution in [0.5, 0.6) is 0 Å². The van der Waals surface area contributed by atoms with E-state index in [-0.39, 0.29) is 6.54 Å². The summed E-state index contributed by atoms with van der Waals surface area (Å²) in [6, 6.07) is 2.13. The number of carboxylic acid groups (broad SMARTS) is 1. The quantitative estimate of drug-likeness (QED) is 0.922. The molecule has 4 bridgehead atoms. The third kappa shape index (κ3) is 1.88. The van der Waals surface area contributed by atoms with Crippen LogP contribution in [-0.4, -0.2) is 20.9 Å². The smallest absolute Gasteiger partial charge is 0.325 e. The molecule has 4 nitrogen and oxygen atoms in total. The maximum absolute atomic E-state index is 10.9. The number of aromatic nitrogens is 2. The predicted octanol–water partition coefficient (Wildman–Crippen LogP) is 2.82. The van der Waals surface area contributed by atoms with Crippen LogP contribution in [0.3, 0.4) is 0 Å². The lowest BCUT2D eigenvalue weighted by Gasteiger charge is -2.54. The average Bonchev–Trinajstić information content (AvgIpc) is 2.68. The Bertz CT molecular complexity index is 521. The predicted molar refractivity (Wildman–Crippen MR) is 74.4 cm³/mol. The number of aliphatic carboxylic acids is 1. The van der Waals surface area contributed by atoms with Crippen LogP contribution in [0.1, 0.15) is 49.4 Å². The van der Waals surface area contributed by atoms with Gasteiger partial charge in [0.25, 0.3) is 0 Å². The zero-order valence-corrected chi connectivity index (χ0v) is 12.0. The highest BCUT2D eigenvalue weighted by molar-refractivity contribution is 5.66. The number of aryl methyl sites for hydroxylation is 1. The van der Waals surface area contributed by atoms with Crippen LogP contribution in [0.25, 0.3) is 0 Å². The van der Waals surface area contributed by atoms with Gasteiger partial charge in [-0.3, -0.25) is 9.48 Å². The normalized spacial score (nSPS) is 38.4. The molecule has 5 rings (SSSR count). The fourth-order valence-corrected chi connectivity index (χ4v) is 5.39. The lowest BCUT2D eigenvalue weighted by Crippen LogP contribution is -2.43. The average molecular weight is 274 g/mol. The third-order valence-corrected chi connectivity index (χ3v) is 5.85. The summed E-state index contributed by atoms with van der Waals surface area (Å²) < 4.78 is 1.66. The monoisotopic (exact) mass is 274 g/mol. The van der Waals surface area contributed by atoms with Gasteiger partial charge in [0, 0.05) is 11.6 Å². The van der Waals surface area contributed by atoms with Gasteiger partial charge >= 0.3 is 5.97 Å². The Morgan fingerprint density at radius 3 is 2.40 bits per heavy atom. The number of carbonyl (C=O) groups is 1. The third-order valence-electron chi connectivity index (χ3n) is 5.85. The van der Waals surface area contributed by atoms with E-state index in [9.17, 15) is 4.79 Å². The van der Waals surface area contributed by atoms with E-state index in [4.69, 9.17) is 5.11 Å². The summed E-state index contributed by atoms with van der Waals surface area (Å²) in [6.07, 6.45) is 6.97. The summed E-state index contributed by atoms with van der Waals surface area (Å²) in [6.45, 7) is 1.95. The molecule has 108 valence electrons. The van der Waals surface area contributed by atoms with E-state index in [2.05, 4.69) is 11.2 Å². The molecule has 0 aromatic carbocycles. The lowest BCUT2D eigenvalue weighted by atomic mass is 9.51. The van der Waals surface area contributed by atoms with Crippen LogP contribution in [0.2, 0.25) is 0 Å². The summed E-state index contributed by atoms with van der Waals surface area (Å²) in [4.78, 5) is 10.9. The van der Waals surface area contributed by atoms with Crippen LogP contribution in [0.15, 0.2) is 6.07 Å². The van der Waals surface area contributed by atoms with Crippen molar-refractivity contribution in [2.75, 3.05) is 0 Å². The van der Waals surface area contributed by atoms with Crippen LogP contribution in [0.4, 0.5) is 0 Å². The molecule has 0 saturated heterocycles. The molecule has 1 aromatic heterocycles. The summed E-state index contributed by atoms with van der Waals surface area (Å²) in [5.74, 6) is 3.33.